The number of hydrogen-bond donors (Lipinski definition) is 3. The fourth-order valence-corrected chi connectivity index (χ4v) is 7.77. The van der Waals surface area contributed by atoms with Crippen LogP contribution in [-0.4, -0.2) is 56.9 Å². The third-order valence-corrected chi connectivity index (χ3v) is 10.2. The highest BCUT2D eigenvalue weighted by molar-refractivity contribution is 5.82. The Hall–Kier alpha value is -1.21. The molecule has 0 aromatic heterocycles. The lowest BCUT2D eigenvalue weighted by molar-refractivity contribution is -0.128. The van der Waals surface area contributed by atoms with Crippen LogP contribution in [0.2, 0.25) is 0 Å². The summed E-state index contributed by atoms with van der Waals surface area (Å²) in [7, 11) is 1.77. The number of carbonyl (C=O) groups is 2. The van der Waals surface area contributed by atoms with Crippen molar-refractivity contribution in [1.29, 1.82) is 0 Å². The molecule has 5 rings (SSSR count). The van der Waals surface area contributed by atoms with Crippen LogP contribution in [-0.2, 0) is 14.3 Å². The van der Waals surface area contributed by atoms with Crippen LogP contribution in [0.1, 0.15) is 77.0 Å². The number of carbonyl (C=O) groups excluding carboxylic acids is 2. The van der Waals surface area contributed by atoms with E-state index >= 15 is 4.39 Å². The zero-order valence-electron chi connectivity index (χ0n) is 21.5. The van der Waals surface area contributed by atoms with Crippen molar-refractivity contribution in [2.24, 2.45) is 41.4 Å². The molecule has 5 fully saturated rings. The molecule has 2 amide bonds. The van der Waals surface area contributed by atoms with E-state index in [9.17, 15) is 9.59 Å². The summed E-state index contributed by atoms with van der Waals surface area (Å²) in [5.41, 5.74) is 0. The van der Waals surface area contributed by atoms with E-state index in [2.05, 4.69) is 16.0 Å². The maximum absolute atomic E-state index is 15.2. The number of alkyl halides is 1. The molecule has 1 aliphatic heterocycles. The fraction of sp³-hybridized carbons (Fsp3) is 0.929. The van der Waals surface area contributed by atoms with Gasteiger partial charge in [-0.1, -0.05) is 0 Å². The van der Waals surface area contributed by atoms with E-state index in [-0.39, 0.29) is 35.5 Å². The second-order valence-electron chi connectivity index (χ2n) is 12.4. The smallest absolute Gasteiger partial charge is 0.223 e. The Balaban J connectivity index is 1.01. The summed E-state index contributed by atoms with van der Waals surface area (Å²) in [5, 5.41) is 9.94. The summed E-state index contributed by atoms with van der Waals surface area (Å²) in [6, 6.07) is 0.299. The molecule has 0 aromatic carbocycles. The monoisotopic (exact) mass is 491 g/mol. The Morgan fingerprint density at radius 2 is 1.71 bits per heavy atom. The lowest BCUT2D eigenvalue weighted by Crippen LogP contribution is -2.46. The average Bonchev–Trinajstić information content (AvgIpc) is 3.68. The van der Waals surface area contributed by atoms with Gasteiger partial charge in [-0.25, -0.2) is 4.39 Å². The van der Waals surface area contributed by atoms with Gasteiger partial charge >= 0.3 is 0 Å². The Labute approximate surface area is 210 Å². The predicted molar refractivity (Wildman–Crippen MR) is 133 cm³/mol. The second-order valence-corrected chi connectivity index (χ2v) is 12.4. The lowest BCUT2D eigenvalue weighted by Gasteiger charge is -2.39. The highest BCUT2D eigenvalue weighted by Crippen LogP contribution is 2.51. The summed E-state index contributed by atoms with van der Waals surface area (Å²) >= 11 is 0. The van der Waals surface area contributed by atoms with Crippen LogP contribution in [0.25, 0.3) is 0 Å². The van der Waals surface area contributed by atoms with Gasteiger partial charge in [0, 0.05) is 31.5 Å². The van der Waals surface area contributed by atoms with Crippen molar-refractivity contribution < 1.29 is 18.7 Å². The molecule has 4 aliphatic carbocycles. The Kier molecular flexibility index (Phi) is 8.32. The number of amides is 2. The topological polar surface area (TPSA) is 79.5 Å². The van der Waals surface area contributed by atoms with Crippen molar-refractivity contribution >= 4 is 11.8 Å². The van der Waals surface area contributed by atoms with Gasteiger partial charge in [0.1, 0.15) is 6.17 Å². The minimum absolute atomic E-state index is 0.0170. The molecule has 198 valence electrons. The van der Waals surface area contributed by atoms with Gasteiger partial charge in [0.2, 0.25) is 11.8 Å². The first-order chi connectivity index (χ1) is 17.0. The van der Waals surface area contributed by atoms with Crippen molar-refractivity contribution in [3.63, 3.8) is 0 Å². The molecular formula is C28H46FN3O3. The van der Waals surface area contributed by atoms with Crippen LogP contribution in [0.15, 0.2) is 0 Å². The molecule has 3 N–H and O–H groups in total. The maximum atomic E-state index is 15.2. The number of fused-ring (bicyclic) bond motifs is 1. The van der Waals surface area contributed by atoms with Gasteiger partial charge in [-0.05, 0) is 120 Å². The molecule has 4 saturated carbocycles. The van der Waals surface area contributed by atoms with Crippen molar-refractivity contribution in [3.8, 4) is 0 Å². The van der Waals surface area contributed by atoms with Gasteiger partial charge in [-0.15, -0.1) is 0 Å². The molecule has 0 spiro atoms. The zero-order valence-corrected chi connectivity index (χ0v) is 21.5. The first-order valence-electron chi connectivity index (χ1n) is 14.5. The first-order valence-corrected chi connectivity index (χ1v) is 14.5. The van der Waals surface area contributed by atoms with Crippen LogP contribution < -0.4 is 16.0 Å². The van der Waals surface area contributed by atoms with Gasteiger partial charge in [0.15, 0.2) is 0 Å². The molecule has 35 heavy (non-hydrogen) atoms. The SMILES string of the molecule is COC1CCC(CNC(=O)C2CCC(C3CC3C(=O)NC3CCC4CNCCC4C3)C(F)C2)CC1. The lowest BCUT2D eigenvalue weighted by atomic mass is 9.73. The van der Waals surface area contributed by atoms with Crippen LogP contribution in [0.4, 0.5) is 4.39 Å². The molecule has 0 aromatic rings. The largest absolute Gasteiger partial charge is 0.381 e. The average molecular weight is 492 g/mol. The summed E-state index contributed by atoms with van der Waals surface area (Å²) in [5.74, 6) is 2.08. The molecule has 0 bridgehead atoms. The summed E-state index contributed by atoms with van der Waals surface area (Å²) in [6.45, 7) is 2.93. The molecule has 7 heteroatoms. The molecule has 1 saturated heterocycles. The van der Waals surface area contributed by atoms with E-state index in [0.29, 0.717) is 31.0 Å². The second kappa shape index (κ2) is 11.5. The van der Waals surface area contributed by atoms with Gasteiger partial charge in [0.05, 0.1) is 6.10 Å². The zero-order chi connectivity index (χ0) is 24.4. The minimum atomic E-state index is -0.968. The van der Waals surface area contributed by atoms with E-state index in [1.54, 1.807) is 7.11 Å². The minimum Gasteiger partial charge on any atom is -0.381 e. The van der Waals surface area contributed by atoms with E-state index in [1.165, 1.54) is 12.8 Å². The van der Waals surface area contributed by atoms with Crippen molar-refractivity contribution in [3.05, 3.63) is 0 Å². The maximum Gasteiger partial charge on any atom is 0.223 e. The third kappa shape index (κ3) is 6.20. The molecular weight excluding hydrogens is 445 g/mol. The molecule has 5 aliphatic rings. The fourth-order valence-electron chi connectivity index (χ4n) is 7.77. The number of hydrogen-bond acceptors (Lipinski definition) is 4. The normalized spacial score (nSPS) is 43.6. The highest BCUT2D eigenvalue weighted by atomic mass is 19.1. The number of methoxy groups -OCH3 is 1. The number of piperidine rings is 1. The highest BCUT2D eigenvalue weighted by Gasteiger charge is 2.52. The van der Waals surface area contributed by atoms with Crippen LogP contribution in [0.5, 0.6) is 0 Å². The van der Waals surface area contributed by atoms with E-state index in [1.807, 2.05) is 0 Å². The summed E-state index contributed by atoms with van der Waals surface area (Å²) in [4.78, 5) is 25.6. The molecule has 1 heterocycles. The molecule has 8 unspecified atom stereocenters. The molecule has 6 nitrogen and oxygen atoms in total. The predicted octanol–water partition coefficient (Wildman–Crippen LogP) is 3.59. The molecule has 8 atom stereocenters. The van der Waals surface area contributed by atoms with Gasteiger partial charge in [-0.3, -0.25) is 9.59 Å². The number of nitrogens with one attached hydrogen (secondary N) is 3. The van der Waals surface area contributed by atoms with Crippen LogP contribution in [0, 0.1) is 41.4 Å². The summed E-state index contributed by atoms with van der Waals surface area (Å²) < 4.78 is 20.6. The standard InChI is InChI=1S/C28H46FN3O3/c1-35-22-7-2-17(3-8-22)15-31-27(33)19-5-9-23(26(29)13-19)24-14-25(24)28(34)32-21-6-4-20-16-30-11-10-18(20)12-21/h17-26,30H,2-16H2,1H3,(H,31,33)(H,32,34). The van der Waals surface area contributed by atoms with E-state index < -0.39 is 6.17 Å². The third-order valence-electron chi connectivity index (χ3n) is 10.2. The van der Waals surface area contributed by atoms with Crippen molar-refractivity contribution in [2.75, 3.05) is 26.7 Å². The quantitative estimate of drug-likeness (QED) is 0.509. The van der Waals surface area contributed by atoms with E-state index in [4.69, 9.17) is 4.74 Å². The Morgan fingerprint density at radius 1 is 0.886 bits per heavy atom. The van der Waals surface area contributed by atoms with Crippen LogP contribution in [0.3, 0.4) is 0 Å². The van der Waals surface area contributed by atoms with Gasteiger partial charge < -0.3 is 20.7 Å². The number of ether oxygens (including phenoxy) is 1. The van der Waals surface area contributed by atoms with Crippen molar-refractivity contribution in [2.45, 2.75) is 95.4 Å². The van der Waals surface area contributed by atoms with Crippen LogP contribution >= 0.6 is 0 Å². The Bertz CT molecular complexity index is 743. The molecule has 0 radical (unpaired) electrons. The first kappa shape index (κ1) is 25.4. The Morgan fingerprint density at radius 3 is 2.49 bits per heavy atom. The van der Waals surface area contributed by atoms with E-state index in [0.717, 1.165) is 82.7 Å². The van der Waals surface area contributed by atoms with Crippen molar-refractivity contribution in [1.82, 2.24) is 16.0 Å². The number of rotatable bonds is 7. The number of halogens is 1. The van der Waals surface area contributed by atoms with Gasteiger partial charge in [-0.2, -0.15) is 0 Å². The summed E-state index contributed by atoms with van der Waals surface area (Å²) in [6.07, 6.45) is 10.9. The van der Waals surface area contributed by atoms with Gasteiger partial charge in [0.25, 0.3) is 0 Å².